The van der Waals surface area contributed by atoms with Crippen molar-refractivity contribution in [2.75, 3.05) is 25.5 Å². The summed E-state index contributed by atoms with van der Waals surface area (Å²) in [6, 6.07) is 3.35. The van der Waals surface area contributed by atoms with Crippen LogP contribution in [0.5, 0.6) is 0 Å². The van der Waals surface area contributed by atoms with Crippen LogP contribution < -0.4 is 5.73 Å². The molecule has 2 rings (SSSR count). The number of hydrogen-bond donors (Lipinski definition) is 3. The maximum absolute atomic E-state index is 13.7. The van der Waals surface area contributed by atoms with Gasteiger partial charge in [0.1, 0.15) is 0 Å². The Balaban J connectivity index is 2.54. The van der Waals surface area contributed by atoms with Gasteiger partial charge in [0.2, 0.25) is 11.9 Å². The maximum atomic E-state index is 13.7. The highest BCUT2D eigenvalue weighted by Gasteiger charge is 2.58. The van der Waals surface area contributed by atoms with Crippen LogP contribution >= 0.6 is 15.9 Å². The summed E-state index contributed by atoms with van der Waals surface area (Å²) in [4.78, 5) is 40.3. The molecule has 0 saturated heterocycles. The molecular formula is C24H35BrN2O7. The van der Waals surface area contributed by atoms with E-state index in [1.807, 2.05) is 0 Å². The molecule has 0 amide bonds. The molecule has 0 aliphatic heterocycles. The summed E-state index contributed by atoms with van der Waals surface area (Å²) in [5, 5.41) is 19.7. The van der Waals surface area contributed by atoms with Crippen LogP contribution in [0.3, 0.4) is 0 Å². The molecule has 1 aromatic rings. The molecule has 0 spiro atoms. The average molecular weight is 543 g/mol. The summed E-state index contributed by atoms with van der Waals surface area (Å²) in [5.74, 6) is -4.34. The van der Waals surface area contributed by atoms with E-state index in [4.69, 9.17) is 15.2 Å². The molecule has 0 radical (unpaired) electrons. The highest BCUT2D eigenvalue weighted by Crippen LogP contribution is 2.33. The number of rotatable bonds is 13. The van der Waals surface area contributed by atoms with Gasteiger partial charge < -0.3 is 25.4 Å². The van der Waals surface area contributed by atoms with Crippen LogP contribution in [0.25, 0.3) is 0 Å². The van der Waals surface area contributed by atoms with Gasteiger partial charge in [0, 0.05) is 35.8 Å². The number of hydrogen-bond acceptors (Lipinski definition) is 7. The van der Waals surface area contributed by atoms with E-state index in [-0.39, 0.29) is 18.8 Å². The van der Waals surface area contributed by atoms with Gasteiger partial charge in [0.15, 0.2) is 0 Å². The zero-order valence-electron chi connectivity index (χ0n) is 20.0. The number of ether oxygens (including phenoxy) is 2. The SMILES string of the molecule is CCOC(C(=O)O)C(OCC)(C(=O)O)C(=O)c1cc(Br)c(N)c(CN(CC)C2CCCCC2)c1. The summed E-state index contributed by atoms with van der Waals surface area (Å²) in [6.45, 7) is 6.03. The molecule has 190 valence electrons. The van der Waals surface area contributed by atoms with Gasteiger partial charge in [0.05, 0.1) is 5.69 Å². The number of carboxylic acid groups (broad SMARTS) is 2. The smallest absolute Gasteiger partial charge is 0.347 e. The third-order valence-electron chi connectivity index (χ3n) is 6.30. The average Bonchev–Trinajstić information content (AvgIpc) is 2.81. The lowest BCUT2D eigenvalue weighted by Crippen LogP contribution is -2.61. The number of nitrogen functional groups attached to an aromatic ring is 1. The molecule has 0 bridgehead atoms. The lowest BCUT2D eigenvalue weighted by molar-refractivity contribution is -0.188. The molecule has 34 heavy (non-hydrogen) atoms. The number of halogens is 1. The summed E-state index contributed by atoms with van der Waals surface area (Å²) < 4.78 is 11.0. The molecule has 0 aromatic heterocycles. The van der Waals surface area contributed by atoms with E-state index in [0.717, 1.165) is 19.4 Å². The van der Waals surface area contributed by atoms with E-state index in [0.29, 0.717) is 28.3 Å². The molecular weight excluding hydrogens is 508 g/mol. The minimum Gasteiger partial charge on any atom is -0.479 e. The van der Waals surface area contributed by atoms with Gasteiger partial charge in [-0.15, -0.1) is 0 Å². The van der Waals surface area contributed by atoms with E-state index < -0.39 is 29.4 Å². The Hall–Kier alpha value is -2.01. The van der Waals surface area contributed by atoms with E-state index in [1.54, 1.807) is 0 Å². The summed E-state index contributed by atoms with van der Waals surface area (Å²) in [5.41, 5.74) is 4.65. The van der Waals surface area contributed by atoms with Crippen molar-refractivity contribution in [2.24, 2.45) is 0 Å². The van der Waals surface area contributed by atoms with Crippen LogP contribution in [0, 0.1) is 0 Å². The summed E-state index contributed by atoms with van der Waals surface area (Å²) in [6.07, 6.45) is 3.72. The third kappa shape index (κ3) is 5.97. The van der Waals surface area contributed by atoms with Crippen LogP contribution in [-0.2, 0) is 25.6 Å². The molecule has 1 aliphatic carbocycles. The van der Waals surface area contributed by atoms with Crippen molar-refractivity contribution in [3.63, 3.8) is 0 Å². The standard InChI is InChI=1S/C24H35BrN2O7/c1-4-27(17-10-8-7-9-11-17)14-16-12-15(13-18(25)19(16)26)20(28)24(23(31)32,34-6-3)21(22(29)30)33-5-2/h12-13,17,21H,4-11,14,26H2,1-3H3,(H,29,30)(H,31,32). The Morgan fingerprint density at radius 1 is 1.15 bits per heavy atom. The molecule has 1 aromatic carbocycles. The fourth-order valence-corrected chi connectivity index (χ4v) is 5.10. The molecule has 0 heterocycles. The molecule has 4 N–H and O–H groups in total. The zero-order valence-corrected chi connectivity index (χ0v) is 21.6. The monoisotopic (exact) mass is 542 g/mol. The van der Waals surface area contributed by atoms with Crippen molar-refractivity contribution < 1.29 is 34.1 Å². The number of nitrogens with zero attached hydrogens (tertiary/aromatic N) is 1. The van der Waals surface area contributed by atoms with E-state index in [9.17, 15) is 24.6 Å². The zero-order chi connectivity index (χ0) is 25.5. The minimum atomic E-state index is -2.75. The molecule has 1 saturated carbocycles. The van der Waals surface area contributed by atoms with Gasteiger partial charge in [-0.3, -0.25) is 9.69 Å². The molecule has 10 heteroatoms. The van der Waals surface area contributed by atoms with E-state index in [1.165, 1.54) is 45.2 Å². The first-order valence-electron chi connectivity index (χ1n) is 11.7. The molecule has 1 aliphatic rings. The van der Waals surface area contributed by atoms with Gasteiger partial charge in [-0.05, 0) is 66.9 Å². The van der Waals surface area contributed by atoms with Crippen molar-refractivity contribution in [1.82, 2.24) is 4.90 Å². The number of nitrogens with two attached hydrogens (primary N) is 1. The number of ketones is 1. The highest BCUT2D eigenvalue weighted by molar-refractivity contribution is 9.10. The maximum Gasteiger partial charge on any atom is 0.347 e. The fraction of sp³-hybridized carbons (Fsp3) is 0.625. The number of aliphatic carboxylic acids is 2. The lowest BCUT2D eigenvalue weighted by Gasteiger charge is -2.34. The van der Waals surface area contributed by atoms with Gasteiger partial charge >= 0.3 is 11.9 Å². The normalized spacial score (nSPS) is 17.3. The first kappa shape index (κ1) is 28.2. The largest absolute Gasteiger partial charge is 0.479 e. The molecule has 1 fully saturated rings. The molecule has 9 nitrogen and oxygen atoms in total. The number of benzene rings is 1. The number of carbonyl (C=O) groups is 3. The van der Waals surface area contributed by atoms with Crippen molar-refractivity contribution in [2.45, 2.75) is 77.2 Å². The third-order valence-corrected chi connectivity index (χ3v) is 6.96. The quantitative estimate of drug-likeness (QED) is 0.193. The van der Waals surface area contributed by atoms with Crippen LogP contribution in [0.15, 0.2) is 16.6 Å². The molecule has 2 unspecified atom stereocenters. The van der Waals surface area contributed by atoms with E-state index >= 15 is 0 Å². The second-order valence-electron chi connectivity index (χ2n) is 8.36. The summed E-state index contributed by atoms with van der Waals surface area (Å²) >= 11 is 3.38. The minimum absolute atomic E-state index is 0.0161. The molecule has 2 atom stereocenters. The second kappa shape index (κ2) is 12.6. The Morgan fingerprint density at radius 2 is 1.79 bits per heavy atom. The van der Waals surface area contributed by atoms with Crippen molar-refractivity contribution in [1.29, 1.82) is 0 Å². The Labute approximate surface area is 208 Å². The van der Waals surface area contributed by atoms with Gasteiger partial charge in [-0.1, -0.05) is 26.2 Å². The Bertz CT molecular complexity index is 888. The van der Waals surface area contributed by atoms with Crippen molar-refractivity contribution in [3.8, 4) is 0 Å². The van der Waals surface area contributed by atoms with Gasteiger partial charge in [-0.2, -0.15) is 0 Å². The Morgan fingerprint density at radius 3 is 2.29 bits per heavy atom. The lowest BCUT2D eigenvalue weighted by atomic mass is 9.86. The first-order valence-corrected chi connectivity index (χ1v) is 12.5. The topological polar surface area (TPSA) is 139 Å². The van der Waals surface area contributed by atoms with Crippen LogP contribution in [0.1, 0.15) is 68.8 Å². The summed E-state index contributed by atoms with van der Waals surface area (Å²) in [7, 11) is 0. The van der Waals surface area contributed by atoms with Gasteiger partial charge in [-0.25, -0.2) is 9.59 Å². The highest BCUT2D eigenvalue weighted by atomic mass is 79.9. The Kier molecular flexibility index (Phi) is 10.5. The number of carboxylic acids is 2. The predicted molar refractivity (Wildman–Crippen MR) is 131 cm³/mol. The van der Waals surface area contributed by atoms with Crippen molar-refractivity contribution in [3.05, 3.63) is 27.7 Å². The predicted octanol–water partition coefficient (Wildman–Crippen LogP) is 3.72. The number of Topliss-reactive ketones (excluding diaryl/α,β-unsaturated/α-hetero) is 1. The fourth-order valence-electron chi connectivity index (χ4n) is 4.60. The van der Waals surface area contributed by atoms with Crippen LogP contribution in [0.4, 0.5) is 5.69 Å². The first-order chi connectivity index (χ1) is 16.1. The second-order valence-corrected chi connectivity index (χ2v) is 9.22. The van der Waals surface area contributed by atoms with Gasteiger partial charge in [0.25, 0.3) is 5.60 Å². The number of anilines is 1. The van der Waals surface area contributed by atoms with Crippen LogP contribution in [-0.4, -0.2) is 70.3 Å². The number of carbonyl (C=O) groups excluding carboxylic acids is 1. The van der Waals surface area contributed by atoms with Crippen LogP contribution in [0.2, 0.25) is 0 Å². The van der Waals surface area contributed by atoms with E-state index in [2.05, 4.69) is 27.8 Å². The van der Waals surface area contributed by atoms with Crippen molar-refractivity contribution >= 4 is 39.3 Å².